The van der Waals surface area contributed by atoms with E-state index in [0.717, 1.165) is 25.9 Å². The maximum absolute atomic E-state index is 12.5. The van der Waals surface area contributed by atoms with Crippen LogP contribution in [0.25, 0.3) is 0 Å². The van der Waals surface area contributed by atoms with E-state index in [9.17, 15) is 4.79 Å². The largest absolute Gasteiger partial charge is 0.376 e. The fourth-order valence-corrected chi connectivity index (χ4v) is 3.49. The highest BCUT2D eigenvalue weighted by molar-refractivity contribution is 5.84. The molecule has 1 amide bonds. The molecule has 1 aliphatic carbocycles. The molecule has 0 aromatic carbocycles. The first-order valence-electron chi connectivity index (χ1n) is 7.46. The van der Waals surface area contributed by atoms with E-state index in [4.69, 9.17) is 4.74 Å². The van der Waals surface area contributed by atoms with Gasteiger partial charge in [0, 0.05) is 6.61 Å². The van der Waals surface area contributed by atoms with Crippen molar-refractivity contribution in [2.75, 3.05) is 6.61 Å². The first kappa shape index (κ1) is 12.4. The van der Waals surface area contributed by atoms with E-state index in [2.05, 4.69) is 24.1 Å². The Morgan fingerprint density at radius 3 is 2.67 bits per heavy atom. The Labute approximate surface area is 109 Å². The van der Waals surface area contributed by atoms with Crippen molar-refractivity contribution < 1.29 is 9.53 Å². The molecule has 1 N–H and O–H groups in total. The Morgan fingerprint density at radius 1 is 1.28 bits per heavy atom. The van der Waals surface area contributed by atoms with Crippen molar-refractivity contribution in [1.82, 2.24) is 10.2 Å². The SMILES string of the molecule is CCC1NC(CC)N(C2CCOC2C2CC2)C1=O. The predicted molar refractivity (Wildman–Crippen MR) is 69.0 cm³/mol. The minimum atomic E-state index is 0.0235. The summed E-state index contributed by atoms with van der Waals surface area (Å²) in [5.41, 5.74) is 0. The highest BCUT2D eigenvalue weighted by atomic mass is 16.5. The molecule has 0 bridgehead atoms. The first-order chi connectivity index (χ1) is 8.76. The lowest BCUT2D eigenvalue weighted by molar-refractivity contribution is -0.133. The third kappa shape index (κ3) is 1.95. The average Bonchev–Trinajstić information content (AvgIpc) is 3.03. The maximum atomic E-state index is 12.5. The van der Waals surface area contributed by atoms with Crippen LogP contribution in [0.4, 0.5) is 0 Å². The number of nitrogens with one attached hydrogen (secondary N) is 1. The van der Waals surface area contributed by atoms with Gasteiger partial charge in [-0.25, -0.2) is 0 Å². The van der Waals surface area contributed by atoms with Gasteiger partial charge in [-0.15, -0.1) is 0 Å². The minimum absolute atomic E-state index is 0.0235. The second kappa shape index (κ2) is 4.82. The summed E-state index contributed by atoms with van der Waals surface area (Å²) >= 11 is 0. The van der Waals surface area contributed by atoms with E-state index in [0.29, 0.717) is 24.0 Å². The standard InChI is InChI=1S/C14H24N2O2/c1-3-10-14(17)16(12(4-2)15-10)11-7-8-18-13(11)9-5-6-9/h9-13,15H,3-8H2,1-2H3. The molecule has 2 aliphatic heterocycles. The molecule has 3 aliphatic rings. The molecular formula is C14H24N2O2. The number of carbonyl (C=O) groups excluding carboxylic acids is 1. The summed E-state index contributed by atoms with van der Waals surface area (Å²) in [5.74, 6) is 1.01. The quantitative estimate of drug-likeness (QED) is 0.824. The van der Waals surface area contributed by atoms with Crippen LogP contribution in [0.1, 0.15) is 46.0 Å². The lowest BCUT2D eigenvalue weighted by Gasteiger charge is -2.32. The van der Waals surface area contributed by atoms with E-state index in [1.54, 1.807) is 0 Å². The van der Waals surface area contributed by atoms with Gasteiger partial charge in [0.05, 0.1) is 24.4 Å². The molecule has 2 saturated heterocycles. The van der Waals surface area contributed by atoms with Gasteiger partial charge in [0.1, 0.15) is 0 Å². The molecule has 4 heteroatoms. The van der Waals surface area contributed by atoms with Gasteiger partial charge in [-0.2, -0.15) is 0 Å². The Balaban J connectivity index is 1.78. The van der Waals surface area contributed by atoms with Gasteiger partial charge in [0.15, 0.2) is 0 Å². The lowest BCUT2D eigenvalue weighted by atomic mass is 10.0. The second-order valence-corrected chi connectivity index (χ2v) is 5.83. The monoisotopic (exact) mass is 252 g/mol. The molecule has 0 radical (unpaired) electrons. The van der Waals surface area contributed by atoms with Crippen molar-refractivity contribution in [2.24, 2.45) is 5.92 Å². The van der Waals surface area contributed by atoms with Crippen molar-refractivity contribution in [3.05, 3.63) is 0 Å². The van der Waals surface area contributed by atoms with E-state index < -0.39 is 0 Å². The summed E-state index contributed by atoms with van der Waals surface area (Å²) in [6.45, 7) is 5.05. The number of ether oxygens (including phenoxy) is 1. The lowest BCUT2D eigenvalue weighted by Crippen LogP contribution is -2.48. The zero-order chi connectivity index (χ0) is 12.7. The van der Waals surface area contributed by atoms with Crippen molar-refractivity contribution >= 4 is 5.91 Å². The molecule has 2 heterocycles. The minimum Gasteiger partial charge on any atom is -0.376 e. The summed E-state index contributed by atoms with van der Waals surface area (Å²) in [5, 5.41) is 3.47. The summed E-state index contributed by atoms with van der Waals surface area (Å²) in [6, 6.07) is 0.342. The maximum Gasteiger partial charge on any atom is 0.241 e. The Bertz CT molecular complexity index is 330. The fraction of sp³-hybridized carbons (Fsp3) is 0.929. The van der Waals surface area contributed by atoms with Crippen LogP contribution < -0.4 is 5.32 Å². The van der Waals surface area contributed by atoms with Gasteiger partial charge in [0.2, 0.25) is 5.91 Å². The Morgan fingerprint density at radius 2 is 2.06 bits per heavy atom. The molecule has 4 atom stereocenters. The number of hydrogen-bond acceptors (Lipinski definition) is 3. The van der Waals surface area contributed by atoms with Crippen molar-refractivity contribution in [1.29, 1.82) is 0 Å². The summed E-state index contributed by atoms with van der Waals surface area (Å²) in [7, 11) is 0. The van der Waals surface area contributed by atoms with Crippen LogP contribution in [0.3, 0.4) is 0 Å². The number of amides is 1. The van der Waals surface area contributed by atoms with Gasteiger partial charge >= 0.3 is 0 Å². The molecule has 0 aromatic rings. The Hall–Kier alpha value is -0.610. The second-order valence-electron chi connectivity index (χ2n) is 5.83. The van der Waals surface area contributed by atoms with E-state index >= 15 is 0 Å². The normalized spacial score (nSPS) is 40.8. The van der Waals surface area contributed by atoms with Crippen molar-refractivity contribution in [3.8, 4) is 0 Å². The number of carbonyl (C=O) groups is 1. The summed E-state index contributed by atoms with van der Waals surface area (Å²) < 4.78 is 5.89. The number of rotatable bonds is 4. The molecule has 3 fully saturated rings. The highest BCUT2D eigenvalue weighted by Crippen LogP contribution is 2.41. The summed E-state index contributed by atoms with van der Waals surface area (Å²) in [6.07, 6.45) is 5.97. The van der Waals surface area contributed by atoms with Gasteiger partial charge < -0.3 is 9.64 Å². The highest BCUT2D eigenvalue weighted by Gasteiger charge is 2.49. The Kier molecular flexibility index (Phi) is 3.32. The van der Waals surface area contributed by atoms with E-state index in [-0.39, 0.29) is 12.2 Å². The average molecular weight is 252 g/mol. The number of hydrogen-bond donors (Lipinski definition) is 1. The van der Waals surface area contributed by atoms with Crippen LogP contribution in [-0.4, -0.2) is 41.8 Å². The third-order valence-electron chi connectivity index (χ3n) is 4.62. The van der Waals surface area contributed by atoms with Crippen molar-refractivity contribution in [3.63, 3.8) is 0 Å². The topological polar surface area (TPSA) is 41.6 Å². The van der Waals surface area contributed by atoms with Crippen LogP contribution in [0.15, 0.2) is 0 Å². The zero-order valence-corrected chi connectivity index (χ0v) is 11.4. The smallest absolute Gasteiger partial charge is 0.241 e. The first-order valence-corrected chi connectivity index (χ1v) is 7.46. The fourth-order valence-electron chi connectivity index (χ4n) is 3.49. The van der Waals surface area contributed by atoms with Crippen LogP contribution in [-0.2, 0) is 9.53 Å². The van der Waals surface area contributed by atoms with E-state index in [1.807, 2.05) is 0 Å². The van der Waals surface area contributed by atoms with Crippen LogP contribution in [0.2, 0.25) is 0 Å². The van der Waals surface area contributed by atoms with Gasteiger partial charge in [-0.3, -0.25) is 10.1 Å². The van der Waals surface area contributed by atoms with Crippen LogP contribution >= 0.6 is 0 Å². The molecule has 102 valence electrons. The third-order valence-corrected chi connectivity index (χ3v) is 4.62. The molecule has 4 unspecified atom stereocenters. The zero-order valence-electron chi connectivity index (χ0n) is 11.4. The number of nitrogens with zero attached hydrogens (tertiary/aromatic N) is 1. The van der Waals surface area contributed by atoms with Gasteiger partial charge in [-0.05, 0) is 38.0 Å². The molecule has 18 heavy (non-hydrogen) atoms. The van der Waals surface area contributed by atoms with Crippen LogP contribution in [0.5, 0.6) is 0 Å². The molecule has 0 aromatic heterocycles. The van der Waals surface area contributed by atoms with Gasteiger partial charge in [-0.1, -0.05) is 13.8 Å². The molecule has 3 rings (SSSR count). The van der Waals surface area contributed by atoms with Crippen molar-refractivity contribution in [2.45, 2.75) is 70.3 Å². The molecule has 1 saturated carbocycles. The summed E-state index contributed by atoms with van der Waals surface area (Å²) in [4.78, 5) is 14.6. The molecular weight excluding hydrogens is 228 g/mol. The van der Waals surface area contributed by atoms with Crippen LogP contribution in [0, 0.1) is 5.92 Å². The van der Waals surface area contributed by atoms with Gasteiger partial charge in [0.25, 0.3) is 0 Å². The van der Waals surface area contributed by atoms with E-state index in [1.165, 1.54) is 12.8 Å². The molecule has 4 nitrogen and oxygen atoms in total. The predicted octanol–water partition coefficient (Wildman–Crippen LogP) is 1.50. The molecule has 0 spiro atoms.